The lowest BCUT2D eigenvalue weighted by Crippen LogP contribution is -2.46. The number of rotatable bonds is 6. The quantitative estimate of drug-likeness (QED) is 0.443. The molecule has 1 heterocycles. The second kappa shape index (κ2) is 9.21. The lowest BCUT2D eigenvalue weighted by molar-refractivity contribution is -0.139. The molecule has 0 saturated heterocycles. The first-order valence-corrected chi connectivity index (χ1v) is 9.82. The number of aromatic nitrogens is 2. The Labute approximate surface area is 157 Å². The summed E-state index contributed by atoms with van der Waals surface area (Å²) in [4.78, 5) is 42.5. The number of hydrogen-bond donors (Lipinski definition) is 2. The van der Waals surface area contributed by atoms with Gasteiger partial charge in [-0.3, -0.25) is 14.4 Å². The Bertz CT molecular complexity index is 706. The van der Waals surface area contributed by atoms with E-state index in [0.717, 1.165) is 12.8 Å². The molecule has 8 heteroatoms. The Morgan fingerprint density at radius 3 is 2.85 bits per heavy atom. The summed E-state index contributed by atoms with van der Waals surface area (Å²) in [5, 5.41) is 3.05. The van der Waals surface area contributed by atoms with Crippen LogP contribution in [0.4, 0.5) is 0 Å². The summed E-state index contributed by atoms with van der Waals surface area (Å²) >= 11 is 1.17. The van der Waals surface area contributed by atoms with Gasteiger partial charge in [-0.25, -0.2) is 4.98 Å². The summed E-state index contributed by atoms with van der Waals surface area (Å²) in [5.41, 5.74) is -0.0332. The van der Waals surface area contributed by atoms with E-state index in [4.69, 9.17) is 0 Å². The fourth-order valence-electron chi connectivity index (χ4n) is 3.16. The van der Waals surface area contributed by atoms with Crippen LogP contribution < -0.4 is 10.9 Å². The molecule has 4 atom stereocenters. The van der Waals surface area contributed by atoms with Crippen molar-refractivity contribution in [3.63, 3.8) is 0 Å². The third-order valence-electron chi connectivity index (χ3n) is 5.02. The van der Waals surface area contributed by atoms with Crippen LogP contribution in [0.15, 0.2) is 16.0 Å². The van der Waals surface area contributed by atoms with Gasteiger partial charge < -0.3 is 15.0 Å². The normalized spacial score (nSPS) is 23.9. The molecule has 0 aromatic carbocycles. The van der Waals surface area contributed by atoms with Gasteiger partial charge in [0.05, 0.1) is 24.5 Å². The Hall–Kier alpha value is -1.83. The summed E-state index contributed by atoms with van der Waals surface area (Å²) < 4.78 is 4.59. The monoisotopic (exact) mass is 381 g/mol. The minimum absolute atomic E-state index is 0.0676. The first-order chi connectivity index (χ1) is 12.3. The van der Waals surface area contributed by atoms with E-state index in [2.05, 4.69) is 33.9 Å². The van der Waals surface area contributed by atoms with Gasteiger partial charge in [-0.15, -0.1) is 0 Å². The topological polar surface area (TPSA) is 101 Å². The van der Waals surface area contributed by atoms with Crippen LogP contribution in [0.25, 0.3) is 0 Å². The van der Waals surface area contributed by atoms with Gasteiger partial charge in [0.15, 0.2) is 5.16 Å². The highest BCUT2D eigenvalue weighted by molar-refractivity contribution is 8.00. The van der Waals surface area contributed by atoms with Crippen molar-refractivity contribution in [2.45, 2.75) is 62.9 Å². The average molecular weight is 381 g/mol. The Morgan fingerprint density at radius 1 is 1.42 bits per heavy atom. The number of esters is 1. The van der Waals surface area contributed by atoms with E-state index in [1.54, 1.807) is 6.92 Å². The van der Waals surface area contributed by atoms with Crippen molar-refractivity contribution >= 4 is 23.6 Å². The van der Waals surface area contributed by atoms with E-state index in [9.17, 15) is 14.4 Å². The summed E-state index contributed by atoms with van der Waals surface area (Å²) in [6.07, 6.45) is 3.25. The Kier molecular flexibility index (Phi) is 7.25. The predicted octanol–water partition coefficient (Wildman–Crippen LogP) is 1.91. The maximum atomic E-state index is 12.5. The zero-order valence-electron chi connectivity index (χ0n) is 15.7. The molecule has 144 valence electrons. The number of hydrogen-bond acceptors (Lipinski definition) is 6. The lowest BCUT2D eigenvalue weighted by atomic mass is 9.78. The molecular weight excluding hydrogens is 354 g/mol. The van der Waals surface area contributed by atoms with E-state index in [0.29, 0.717) is 22.7 Å². The highest BCUT2D eigenvalue weighted by Crippen LogP contribution is 2.30. The number of nitrogens with zero attached hydrogens (tertiary/aromatic N) is 1. The van der Waals surface area contributed by atoms with Crippen molar-refractivity contribution < 1.29 is 14.3 Å². The van der Waals surface area contributed by atoms with Crippen LogP contribution in [0.3, 0.4) is 0 Å². The first-order valence-electron chi connectivity index (χ1n) is 8.94. The number of aromatic amines is 1. The summed E-state index contributed by atoms with van der Waals surface area (Å²) in [7, 11) is 1.28. The van der Waals surface area contributed by atoms with Crippen LogP contribution in [0.2, 0.25) is 0 Å². The predicted molar refractivity (Wildman–Crippen MR) is 100 cm³/mol. The first kappa shape index (κ1) is 20.5. The molecule has 1 aliphatic rings. The van der Waals surface area contributed by atoms with Crippen LogP contribution in [-0.2, 0) is 20.7 Å². The molecule has 7 nitrogen and oxygen atoms in total. The molecule has 0 unspecified atom stereocenters. The minimum Gasteiger partial charge on any atom is -0.469 e. The maximum Gasteiger partial charge on any atom is 0.311 e. The zero-order valence-corrected chi connectivity index (χ0v) is 16.5. The van der Waals surface area contributed by atoms with Crippen molar-refractivity contribution in [3.05, 3.63) is 22.1 Å². The van der Waals surface area contributed by atoms with Crippen LogP contribution in [-0.4, -0.2) is 40.2 Å². The van der Waals surface area contributed by atoms with E-state index in [1.807, 2.05) is 0 Å². The third-order valence-corrected chi connectivity index (χ3v) is 6.00. The molecule has 0 spiro atoms. The van der Waals surface area contributed by atoms with Crippen LogP contribution >= 0.6 is 11.8 Å². The summed E-state index contributed by atoms with van der Waals surface area (Å²) in [6, 6.07) is 1.45. The van der Waals surface area contributed by atoms with E-state index < -0.39 is 11.2 Å². The molecular formula is C18H27N3O4S. The summed E-state index contributed by atoms with van der Waals surface area (Å²) in [6.45, 7) is 6.19. The highest BCUT2D eigenvalue weighted by atomic mass is 32.2. The number of nitrogens with one attached hydrogen (secondary N) is 2. The number of carbonyl (C=O) groups excluding carboxylic acids is 2. The Balaban J connectivity index is 2.00. The summed E-state index contributed by atoms with van der Waals surface area (Å²) in [5.74, 6) is 0.517. The van der Waals surface area contributed by atoms with Gasteiger partial charge in [0.2, 0.25) is 5.91 Å². The van der Waals surface area contributed by atoms with Crippen molar-refractivity contribution in [1.82, 2.24) is 15.3 Å². The molecule has 1 aromatic heterocycles. The number of methoxy groups -OCH3 is 1. The molecule has 1 aromatic rings. The third kappa shape index (κ3) is 5.59. The average Bonchev–Trinajstić information content (AvgIpc) is 2.58. The molecule has 0 bridgehead atoms. The maximum absolute atomic E-state index is 12.5. The molecule has 1 amide bonds. The highest BCUT2D eigenvalue weighted by Gasteiger charge is 2.29. The van der Waals surface area contributed by atoms with Crippen molar-refractivity contribution in [3.8, 4) is 0 Å². The van der Waals surface area contributed by atoms with Gasteiger partial charge in [0.1, 0.15) is 0 Å². The van der Waals surface area contributed by atoms with Crippen molar-refractivity contribution in [1.29, 1.82) is 0 Å². The van der Waals surface area contributed by atoms with Gasteiger partial charge in [-0.05, 0) is 25.2 Å². The SMILES string of the molecule is COC(=O)Cc1cc(=O)[nH]c(S[C@H](C)C(=O)N[C@@H]2CCC[C@H](C)[C@H]2C)n1. The molecule has 1 fully saturated rings. The minimum atomic E-state index is -0.467. The molecule has 2 rings (SSSR count). The molecule has 0 aliphatic heterocycles. The van der Waals surface area contributed by atoms with Crippen LogP contribution in [0.1, 0.15) is 45.7 Å². The van der Waals surface area contributed by atoms with Crippen molar-refractivity contribution in [2.24, 2.45) is 11.8 Å². The second-order valence-corrected chi connectivity index (χ2v) is 8.27. The molecule has 1 aliphatic carbocycles. The van der Waals surface area contributed by atoms with E-state index in [1.165, 1.54) is 31.4 Å². The van der Waals surface area contributed by atoms with Gasteiger partial charge in [0.25, 0.3) is 5.56 Å². The Morgan fingerprint density at radius 2 is 2.15 bits per heavy atom. The second-order valence-electron chi connectivity index (χ2n) is 6.94. The number of carbonyl (C=O) groups is 2. The van der Waals surface area contributed by atoms with E-state index in [-0.39, 0.29) is 23.9 Å². The van der Waals surface area contributed by atoms with Crippen LogP contribution in [0.5, 0.6) is 0 Å². The van der Waals surface area contributed by atoms with Crippen molar-refractivity contribution in [2.75, 3.05) is 7.11 Å². The fraction of sp³-hybridized carbons (Fsp3) is 0.667. The zero-order chi connectivity index (χ0) is 19.3. The number of amides is 1. The van der Waals surface area contributed by atoms with Gasteiger partial charge >= 0.3 is 5.97 Å². The molecule has 1 saturated carbocycles. The fourth-order valence-corrected chi connectivity index (χ4v) is 4.00. The number of H-pyrrole nitrogens is 1. The number of thioether (sulfide) groups is 1. The smallest absolute Gasteiger partial charge is 0.311 e. The largest absolute Gasteiger partial charge is 0.469 e. The molecule has 2 N–H and O–H groups in total. The lowest BCUT2D eigenvalue weighted by Gasteiger charge is -2.35. The van der Waals surface area contributed by atoms with Gasteiger partial charge in [-0.2, -0.15) is 0 Å². The van der Waals surface area contributed by atoms with Crippen LogP contribution in [0, 0.1) is 11.8 Å². The van der Waals surface area contributed by atoms with Gasteiger partial charge in [-0.1, -0.05) is 38.5 Å². The van der Waals surface area contributed by atoms with Gasteiger partial charge in [0, 0.05) is 12.1 Å². The molecule has 26 heavy (non-hydrogen) atoms. The molecule has 0 radical (unpaired) electrons. The number of ether oxygens (including phenoxy) is 1. The standard InChI is InChI=1S/C18H27N3O4S/c1-10-6-5-7-14(11(10)2)20-17(24)12(3)26-18-19-13(8-15(22)21-18)9-16(23)25-4/h8,10-12,14H,5-7,9H2,1-4H3,(H,20,24)(H,19,21,22)/t10-,11+,12+,14+/m0/s1. The van der Waals surface area contributed by atoms with E-state index >= 15 is 0 Å².